The zero-order valence-corrected chi connectivity index (χ0v) is 6.59. The molecule has 0 radical (unpaired) electrons. The Balaban J connectivity index is 3.59. The molecule has 0 saturated heterocycles. The average Bonchev–Trinajstić information content (AvgIpc) is 2.03. The van der Waals surface area contributed by atoms with Gasteiger partial charge >= 0.3 is 5.97 Å². The third kappa shape index (κ3) is 4.36. The molecule has 0 aromatic heterocycles. The van der Waals surface area contributed by atoms with Gasteiger partial charge in [0.2, 0.25) is 0 Å². The Hall–Kier alpha value is -0.530. The summed E-state index contributed by atoms with van der Waals surface area (Å²) >= 11 is 0. The molecule has 0 amide bonds. The minimum absolute atomic E-state index is 0.0356. The van der Waals surface area contributed by atoms with Crippen molar-refractivity contribution in [2.24, 2.45) is 0 Å². The van der Waals surface area contributed by atoms with Crippen LogP contribution in [-0.2, 0) is 9.53 Å². The molecule has 0 aliphatic heterocycles. The Morgan fingerprint density at radius 3 is 3.10 bits per heavy atom. The molecule has 0 fully saturated rings. The monoisotopic (exact) mass is 146 g/mol. The topological polar surface area (TPSA) is 26.3 Å². The third-order valence-electron chi connectivity index (χ3n) is 1.22. The summed E-state index contributed by atoms with van der Waals surface area (Å²) in [5, 5.41) is 0. The number of hydrogen-bond acceptors (Lipinski definition) is 2. The van der Waals surface area contributed by atoms with Gasteiger partial charge in [-0.1, -0.05) is 13.8 Å². The predicted molar refractivity (Wildman–Crippen MR) is 40.8 cm³/mol. The largest absolute Gasteiger partial charge is 0.463 e. The van der Waals surface area contributed by atoms with Crippen LogP contribution in [0.4, 0.5) is 0 Å². The van der Waals surface area contributed by atoms with Gasteiger partial charge in [-0.05, 0) is 19.7 Å². The molecule has 0 N–H and O–H groups in total. The summed E-state index contributed by atoms with van der Waals surface area (Å²) < 4.78 is 18.9. The van der Waals surface area contributed by atoms with Crippen molar-refractivity contribution in [2.45, 2.75) is 46.1 Å². The minimum Gasteiger partial charge on any atom is -0.463 e. The lowest BCUT2D eigenvalue weighted by Gasteiger charge is -2.09. The second-order valence-corrected chi connectivity index (χ2v) is 2.20. The second-order valence-electron chi connectivity index (χ2n) is 2.20. The smallest absolute Gasteiger partial charge is 0.306 e. The van der Waals surface area contributed by atoms with E-state index in [1.54, 1.807) is 0 Å². The van der Waals surface area contributed by atoms with Crippen LogP contribution >= 0.6 is 0 Å². The summed E-state index contributed by atoms with van der Waals surface area (Å²) in [6.07, 6.45) is 0.111. The van der Waals surface area contributed by atoms with Gasteiger partial charge in [-0.25, -0.2) is 0 Å². The van der Waals surface area contributed by atoms with Crippen molar-refractivity contribution in [2.75, 3.05) is 0 Å². The van der Waals surface area contributed by atoms with Crippen LogP contribution < -0.4 is 0 Å². The van der Waals surface area contributed by atoms with Gasteiger partial charge in [-0.15, -0.1) is 0 Å². The van der Waals surface area contributed by atoms with Crippen LogP contribution in [0.25, 0.3) is 0 Å². The molecular weight excluding hydrogens is 128 g/mol. The molecule has 2 nitrogen and oxygen atoms in total. The highest BCUT2D eigenvalue weighted by Crippen LogP contribution is 1.99. The van der Waals surface area contributed by atoms with E-state index in [0.717, 1.165) is 6.42 Å². The van der Waals surface area contributed by atoms with Crippen LogP contribution in [-0.4, -0.2) is 12.1 Å². The van der Waals surface area contributed by atoms with Crippen molar-refractivity contribution >= 4 is 5.97 Å². The Bertz CT molecular complexity index is 125. The predicted octanol–water partition coefficient (Wildman–Crippen LogP) is 2.13. The summed E-state index contributed by atoms with van der Waals surface area (Å²) in [7, 11) is 0. The molecule has 0 aliphatic carbocycles. The fraction of sp³-hybridized carbons (Fsp3) is 0.875. The van der Waals surface area contributed by atoms with Gasteiger partial charge in [0.15, 0.2) is 0 Å². The number of hydrogen-bond donors (Lipinski definition) is 0. The van der Waals surface area contributed by atoms with Crippen molar-refractivity contribution in [1.82, 2.24) is 0 Å². The molecule has 0 aromatic rings. The quantitative estimate of drug-likeness (QED) is 0.568. The number of rotatable bonds is 4. The first kappa shape index (κ1) is 6.20. The molecule has 0 rings (SSSR count). The normalized spacial score (nSPS) is 18.6. The number of ether oxygens (including phenoxy) is 1. The van der Waals surface area contributed by atoms with Gasteiger partial charge in [0, 0.05) is 9.16 Å². The summed E-state index contributed by atoms with van der Waals surface area (Å²) in [6, 6.07) is 0. The van der Waals surface area contributed by atoms with Crippen molar-refractivity contribution in [3.05, 3.63) is 0 Å². The van der Waals surface area contributed by atoms with Crippen molar-refractivity contribution in [3.8, 4) is 0 Å². The highest BCUT2D eigenvalue weighted by Gasteiger charge is 2.04. The maximum absolute atomic E-state index is 11.0. The first-order chi connectivity index (χ1) is 5.60. The zero-order valence-electron chi connectivity index (χ0n) is 8.59. The van der Waals surface area contributed by atoms with E-state index in [2.05, 4.69) is 0 Å². The summed E-state index contributed by atoms with van der Waals surface area (Å²) in [6.45, 7) is 3.70. The molecule has 0 aliphatic rings. The van der Waals surface area contributed by atoms with E-state index in [9.17, 15) is 4.79 Å². The third-order valence-corrected chi connectivity index (χ3v) is 1.22. The standard InChI is InChI=1S/C8H16O2/c1-4-6-8(9)10-7(3)5-2/h7H,4-6H2,1-3H3/i1D,4D. The van der Waals surface area contributed by atoms with Crippen LogP contribution in [0.3, 0.4) is 0 Å². The van der Waals surface area contributed by atoms with Crippen LogP contribution in [0.5, 0.6) is 0 Å². The Kier molecular flexibility index (Phi) is 3.27. The molecular formula is C8H16O2. The first-order valence-electron chi connectivity index (χ1n) is 4.79. The average molecular weight is 146 g/mol. The maximum atomic E-state index is 11.0. The fourth-order valence-electron chi connectivity index (χ4n) is 0.474. The Morgan fingerprint density at radius 2 is 2.60 bits per heavy atom. The van der Waals surface area contributed by atoms with Crippen molar-refractivity contribution in [3.63, 3.8) is 0 Å². The molecule has 2 heteroatoms. The van der Waals surface area contributed by atoms with E-state index < -0.39 is 6.40 Å². The lowest BCUT2D eigenvalue weighted by Crippen LogP contribution is -2.12. The van der Waals surface area contributed by atoms with Crippen LogP contribution in [0, 0.1) is 0 Å². The summed E-state index contributed by atoms with van der Waals surface area (Å²) in [4.78, 5) is 11.0. The van der Waals surface area contributed by atoms with Gasteiger partial charge in [0.05, 0.1) is 6.10 Å². The fourth-order valence-corrected chi connectivity index (χ4v) is 0.474. The highest BCUT2D eigenvalue weighted by molar-refractivity contribution is 5.69. The van der Waals surface area contributed by atoms with Gasteiger partial charge in [0.1, 0.15) is 0 Å². The zero-order chi connectivity index (χ0) is 9.56. The molecule has 0 spiro atoms. The van der Waals surface area contributed by atoms with Crippen LogP contribution in [0.15, 0.2) is 0 Å². The van der Waals surface area contributed by atoms with Crippen molar-refractivity contribution < 1.29 is 12.3 Å². The van der Waals surface area contributed by atoms with E-state index in [0.29, 0.717) is 0 Å². The van der Waals surface area contributed by atoms with Gasteiger partial charge in [-0.3, -0.25) is 4.79 Å². The molecule has 0 heterocycles. The van der Waals surface area contributed by atoms with Gasteiger partial charge in [-0.2, -0.15) is 0 Å². The number of carbonyl (C=O) groups is 1. The molecule has 2 unspecified atom stereocenters. The lowest BCUT2D eigenvalue weighted by atomic mass is 10.3. The molecule has 0 bridgehead atoms. The van der Waals surface area contributed by atoms with Crippen LogP contribution in [0.1, 0.15) is 42.7 Å². The van der Waals surface area contributed by atoms with E-state index >= 15 is 0 Å². The molecule has 0 saturated carbocycles. The molecule has 2 atom stereocenters. The van der Waals surface area contributed by atoms with E-state index in [1.165, 1.54) is 0 Å². The number of carbonyl (C=O) groups excluding carboxylic acids is 1. The van der Waals surface area contributed by atoms with E-state index in [1.807, 2.05) is 13.8 Å². The van der Waals surface area contributed by atoms with E-state index in [4.69, 9.17) is 7.48 Å². The van der Waals surface area contributed by atoms with Gasteiger partial charge < -0.3 is 4.74 Å². The summed E-state index contributed by atoms with van der Waals surface area (Å²) in [5.41, 5.74) is 0. The highest BCUT2D eigenvalue weighted by atomic mass is 16.5. The SMILES string of the molecule is [2H]CC([2H])CC(=O)OC(C)CC. The Labute approximate surface area is 65.4 Å². The minimum atomic E-state index is -0.637. The first-order valence-corrected chi connectivity index (χ1v) is 3.51. The lowest BCUT2D eigenvalue weighted by molar-refractivity contribution is -0.148. The van der Waals surface area contributed by atoms with Crippen LogP contribution in [0.2, 0.25) is 0 Å². The number of esters is 1. The van der Waals surface area contributed by atoms with Crippen molar-refractivity contribution in [1.29, 1.82) is 0 Å². The van der Waals surface area contributed by atoms with Gasteiger partial charge in [0.25, 0.3) is 0 Å². The molecule has 10 heavy (non-hydrogen) atoms. The Morgan fingerprint density at radius 1 is 1.90 bits per heavy atom. The maximum Gasteiger partial charge on any atom is 0.306 e. The van der Waals surface area contributed by atoms with E-state index in [-0.39, 0.29) is 25.4 Å². The summed E-state index contributed by atoms with van der Waals surface area (Å²) in [5.74, 6) is -0.364. The second kappa shape index (κ2) is 5.27. The molecule has 60 valence electrons. The molecule has 0 aromatic carbocycles.